The van der Waals surface area contributed by atoms with Crippen molar-refractivity contribution < 1.29 is 14.4 Å². The lowest BCUT2D eigenvalue weighted by Gasteiger charge is -2.48. The fourth-order valence-corrected chi connectivity index (χ4v) is 7.08. The van der Waals surface area contributed by atoms with Crippen LogP contribution in [-0.4, -0.2) is 82.7 Å². The second kappa shape index (κ2) is 8.34. The van der Waals surface area contributed by atoms with Gasteiger partial charge in [0, 0.05) is 57.0 Å². The van der Waals surface area contributed by atoms with Crippen molar-refractivity contribution in [1.29, 1.82) is 0 Å². The second-order valence-electron chi connectivity index (χ2n) is 10.2. The van der Waals surface area contributed by atoms with Crippen LogP contribution in [0.5, 0.6) is 0 Å². The molecule has 2 saturated heterocycles. The third kappa shape index (κ3) is 3.43. The summed E-state index contributed by atoms with van der Waals surface area (Å²) in [4.78, 5) is 47.1. The second-order valence-corrected chi connectivity index (χ2v) is 10.2. The van der Waals surface area contributed by atoms with Crippen molar-refractivity contribution in [3.8, 4) is 0 Å². The molecule has 1 aromatic rings. The maximum absolute atomic E-state index is 13.3. The van der Waals surface area contributed by atoms with Crippen LogP contribution in [0, 0.1) is 29.6 Å². The molecule has 5 fully saturated rings. The molecule has 0 N–H and O–H groups in total. The first-order chi connectivity index (χ1) is 16.1. The Morgan fingerprint density at radius 1 is 0.939 bits per heavy atom. The SMILES string of the molecule is CC1=NOC2C3CCC(C12)C1C(=O)N(CCCCN2CCN(c4cnccn4)CC2)C(=O)C31. The van der Waals surface area contributed by atoms with Gasteiger partial charge in [-0.25, -0.2) is 4.98 Å². The quantitative estimate of drug-likeness (QED) is 0.476. The highest BCUT2D eigenvalue weighted by Crippen LogP contribution is 2.57. The van der Waals surface area contributed by atoms with E-state index in [1.165, 1.54) is 0 Å². The number of hydrogen-bond acceptors (Lipinski definition) is 8. The highest BCUT2D eigenvalue weighted by atomic mass is 16.6. The largest absolute Gasteiger partial charge is 0.392 e. The minimum Gasteiger partial charge on any atom is -0.392 e. The lowest BCUT2D eigenvalue weighted by molar-refractivity contribution is -0.146. The summed E-state index contributed by atoms with van der Waals surface area (Å²) < 4.78 is 0. The standard InChI is InChI=1S/C24H32N6O3/c1-15-19-16-4-5-17(22(19)33-27-15)21-20(16)23(31)30(24(21)32)9-3-2-8-28-10-12-29(13-11-28)18-14-25-6-7-26-18/h6-7,14,16-17,19-22H,2-5,8-13H2,1H3. The van der Waals surface area contributed by atoms with Crippen LogP contribution in [0.2, 0.25) is 0 Å². The molecule has 0 spiro atoms. The van der Waals surface area contributed by atoms with Crippen LogP contribution in [0.25, 0.3) is 0 Å². The Kier molecular flexibility index (Phi) is 5.31. The van der Waals surface area contributed by atoms with Crippen LogP contribution in [-0.2, 0) is 14.4 Å². The van der Waals surface area contributed by atoms with Gasteiger partial charge in [0.25, 0.3) is 0 Å². The van der Waals surface area contributed by atoms with E-state index in [2.05, 4.69) is 24.9 Å². The summed E-state index contributed by atoms with van der Waals surface area (Å²) in [5, 5.41) is 4.21. The van der Waals surface area contributed by atoms with Crippen LogP contribution >= 0.6 is 0 Å². The molecule has 4 heterocycles. The number of carbonyl (C=O) groups excluding carboxylic acids is 2. The molecule has 176 valence electrons. The predicted octanol–water partition coefficient (Wildman–Crippen LogP) is 1.41. The van der Waals surface area contributed by atoms with E-state index in [4.69, 9.17) is 4.84 Å². The molecule has 9 heteroatoms. The Morgan fingerprint density at radius 3 is 2.42 bits per heavy atom. The lowest BCUT2D eigenvalue weighted by atomic mass is 9.53. The fraction of sp³-hybridized carbons (Fsp3) is 0.708. The first-order valence-electron chi connectivity index (χ1n) is 12.4. The van der Waals surface area contributed by atoms with Gasteiger partial charge in [0.05, 0.1) is 23.7 Å². The number of piperazine rings is 1. The summed E-state index contributed by atoms with van der Waals surface area (Å²) in [5.74, 6) is 1.28. The van der Waals surface area contributed by atoms with Crippen LogP contribution in [0.4, 0.5) is 5.82 Å². The summed E-state index contributed by atoms with van der Waals surface area (Å²) in [5.41, 5.74) is 1.01. The molecule has 33 heavy (non-hydrogen) atoms. The van der Waals surface area contributed by atoms with Crippen molar-refractivity contribution in [3.05, 3.63) is 18.6 Å². The minimum atomic E-state index is -0.187. The Balaban J connectivity index is 1.00. The zero-order chi connectivity index (χ0) is 22.5. The number of carbonyl (C=O) groups is 2. The van der Waals surface area contributed by atoms with Crippen LogP contribution in [0.1, 0.15) is 32.6 Å². The van der Waals surface area contributed by atoms with Gasteiger partial charge in [-0.2, -0.15) is 0 Å². The monoisotopic (exact) mass is 452 g/mol. The molecular formula is C24H32N6O3. The normalized spacial score (nSPS) is 35.5. The minimum absolute atomic E-state index is 0.00207. The van der Waals surface area contributed by atoms with Crippen molar-refractivity contribution in [1.82, 2.24) is 19.8 Å². The van der Waals surface area contributed by atoms with E-state index < -0.39 is 0 Å². The van der Waals surface area contributed by atoms with Crippen LogP contribution < -0.4 is 4.90 Å². The third-order valence-corrected chi connectivity index (χ3v) is 8.64. The molecule has 7 rings (SSSR count). The Morgan fingerprint density at radius 2 is 1.67 bits per heavy atom. The average molecular weight is 453 g/mol. The molecule has 6 unspecified atom stereocenters. The first-order valence-corrected chi connectivity index (χ1v) is 12.4. The molecule has 3 aliphatic carbocycles. The van der Waals surface area contributed by atoms with E-state index >= 15 is 0 Å². The zero-order valence-corrected chi connectivity index (χ0v) is 19.2. The molecule has 6 atom stereocenters. The van der Waals surface area contributed by atoms with Gasteiger partial charge >= 0.3 is 0 Å². The van der Waals surface area contributed by atoms with Gasteiger partial charge in [-0.3, -0.25) is 24.4 Å². The zero-order valence-electron chi connectivity index (χ0n) is 19.2. The van der Waals surface area contributed by atoms with Gasteiger partial charge < -0.3 is 9.74 Å². The molecule has 6 aliphatic rings. The first kappa shape index (κ1) is 21.0. The van der Waals surface area contributed by atoms with Crippen molar-refractivity contribution in [2.75, 3.05) is 44.2 Å². The number of fused-ring (bicyclic) bond motifs is 1. The lowest BCUT2D eigenvalue weighted by Crippen LogP contribution is -2.55. The number of aromatic nitrogens is 2. The van der Waals surface area contributed by atoms with E-state index in [9.17, 15) is 9.59 Å². The molecule has 2 amide bonds. The van der Waals surface area contributed by atoms with E-state index in [0.29, 0.717) is 6.54 Å². The number of amides is 2. The summed E-state index contributed by atoms with van der Waals surface area (Å²) in [6, 6.07) is 0. The Bertz CT molecular complexity index is 947. The number of anilines is 1. The van der Waals surface area contributed by atoms with Crippen molar-refractivity contribution in [3.63, 3.8) is 0 Å². The van der Waals surface area contributed by atoms with Gasteiger partial charge in [0.2, 0.25) is 11.8 Å². The van der Waals surface area contributed by atoms with E-state index in [1.54, 1.807) is 17.3 Å². The summed E-state index contributed by atoms with van der Waals surface area (Å²) in [7, 11) is 0. The van der Waals surface area contributed by atoms with Crippen LogP contribution in [0.3, 0.4) is 0 Å². The van der Waals surface area contributed by atoms with Crippen molar-refractivity contribution >= 4 is 23.3 Å². The van der Waals surface area contributed by atoms with Gasteiger partial charge in [-0.1, -0.05) is 5.16 Å². The fourth-order valence-electron chi connectivity index (χ4n) is 7.08. The molecule has 0 aromatic carbocycles. The number of unbranched alkanes of at least 4 members (excludes halogenated alkanes) is 1. The van der Waals surface area contributed by atoms with Crippen molar-refractivity contribution in [2.24, 2.45) is 34.7 Å². The van der Waals surface area contributed by atoms with E-state index in [0.717, 1.165) is 69.9 Å². The average Bonchev–Trinajstić information content (AvgIpc) is 3.38. The molecule has 0 radical (unpaired) electrons. The summed E-state index contributed by atoms with van der Waals surface area (Å²) in [6.45, 7) is 7.43. The molecule has 3 aliphatic heterocycles. The van der Waals surface area contributed by atoms with E-state index in [-0.39, 0.29) is 47.5 Å². The Hall–Kier alpha value is -2.55. The smallest absolute Gasteiger partial charge is 0.233 e. The van der Waals surface area contributed by atoms with Gasteiger partial charge in [0.15, 0.2) is 0 Å². The van der Waals surface area contributed by atoms with Gasteiger partial charge in [-0.05, 0) is 45.1 Å². The van der Waals surface area contributed by atoms with Gasteiger partial charge in [0.1, 0.15) is 11.9 Å². The van der Waals surface area contributed by atoms with Gasteiger partial charge in [-0.15, -0.1) is 0 Å². The summed E-state index contributed by atoms with van der Waals surface area (Å²) >= 11 is 0. The van der Waals surface area contributed by atoms with Crippen molar-refractivity contribution in [2.45, 2.75) is 38.7 Å². The summed E-state index contributed by atoms with van der Waals surface area (Å²) in [6.07, 6.45) is 9.09. The third-order valence-electron chi connectivity index (χ3n) is 8.64. The molecule has 3 saturated carbocycles. The number of nitrogens with zero attached hydrogens (tertiary/aromatic N) is 6. The number of imide groups is 1. The maximum atomic E-state index is 13.3. The number of rotatable bonds is 6. The highest BCUT2D eigenvalue weighted by Gasteiger charge is 2.66. The molecule has 1 aromatic heterocycles. The van der Waals surface area contributed by atoms with E-state index in [1.807, 2.05) is 13.1 Å². The maximum Gasteiger partial charge on any atom is 0.233 e. The molecular weight excluding hydrogens is 420 g/mol. The highest BCUT2D eigenvalue weighted by molar-refractivity contribution is 6.06. The molecule has 2 bridgehead atoms. The number of likely N-dealkylation sites (tertiary alicyclic amines) is 1. The molecule has 9 nitrogen and oxygen atoms in total. The Labute approximate surface area is 194 Å². The predicted molar refractivity (Wildman–Crippen MR) is 121 cm³/mol. The van der Waals surface area contributed by atoms with Crippen LogP contribution in [0.15, 0.2) is 23.7 Å². The number of hydrogen-bond donors (Lipinski definition) is 0. The number of oxime groups is 1. The topological polar surface area (TPSA) is 91.2 Å².